The SMILES string of the molecule is Cc1ccc(-c2nnc(N(Cc3ccccc3)C(=O)C3CCC3)s2)cc1. The van der Waals surface area contributed by atoms with Crippen LogP contribution in [0.4, 0.5) is 5.13 Å². The lowest BCUT2D eigenvalue weighted by Crippen LogP contribution is -2.38. The van der Waals surface area contributed by atoms with Crippen molar-refractivity contribution in [2.45, 2.75) is 32.7 Å². The van der Waals surface area contributed by atoms with Gasteiger partial charge in [-0.25, -0.2) is 0 Å². The van der Waals surface area contributed by atoms with E-state index in [-0.39, 0.29) is 11.8 Å². The van der Waals surface area contributed by atoms with Crippen molar-refractivity contribution < 1.29 is 4.79 Å². The van der Waals surface area contributed by atoms with Crippen LogP contribution < -0.4 is 4.90 Å². The molecule has 0 unspecified atom stereocenters. The molecule has 132 valence electrons. The van der Waals surface area contributed by atoms with Crippen LogP contribution in [0.5, 0.6) is 0 Å². The van der Waals surface area contributed by atoms with Crippen LogP contribution in [0.2, 0.25) is 0 Å². The molecular formula is C21H21N3OS. The van der Waals surface area contributed by atoms with E-state index >= 15 is 0 Å². The van der Waals surface area contributed by atoms with Crippen LogP contribution in [-0.4, -0.2) is 16.1 Å². The Morgan fingerprint density at radius 3 is 2.46 bits per heavy atom. The molecule has 1 heterocycles. The minimum absolute atomic E-state index is 0.130. The van der Waals surface area contributed by atoms with Crippen molar-refractivity contribution in [2.24, 2.45) is 5.92 Å². The molecule has 1 saturated carbocycles. The third-order valence-corrected chi connectivity index (χ3v) is 5.84. The Kier molecular flexibility index (Phi) is 4.80. The second kappa shape index (κ2) is 7.38. The Labute approximate surface area is 157 Å². The third-order valence-electron chi connectivity index (χ3n) is 4.85. The number of aromatic nitrogens is 2. The van der Waals surface area contributed by atoms with E-state index in [0.717, 1.165) is 35.4 Å². The maximum Gasteiger partial charge on any atom is 0.232 e. The standard InChI is InChI=1S/C21H21N3OS/c1-15-10-12-17(13-11-15)19-22-23-21(26-19)24(20(25)18-8-5-9-18)14-16-6-3-2-4-7-16/h2-4,6-7,10-13,18H,5,8-9,14H2,1H3. The van der Waals surface area contributed by atoms with Crippen molar-refractivity contribution in [3.63, 3.8) is 0 Å². The van der Waals surface area contributed by atoms with Crippen molar-refractivity contribution in [3.05, 3.63) is 65.7 Å². The number of benzene rings is 2. The van der Waals surface area contributed by atoms with Gasteiger partial charge in [0.15, 0.2) is 0 Å². The van der Waals surface area contributed by atoms with Crippen LogP contribution >= 0.6 is 11.3 Å². The van der Waals surface area contributed by atoms with Crippen molar-refractivity contribution in [1.29, 1.82) is 0 Å². The van der Waals surface area contributed by atoms with E-state index in [4.69, 9.17) is 0 Å². The van der Waals surface area contributed by atoms with Crippen LogP contribution in [-0.2, 0) is 11.3 Å². The molecule has 3 aromatic rings. The second-order valence-electron chi connectivity index (χ2n) is 6.79. The molecule has 0 radical (unpaired) electrons. The Morgan fingerprint density at radius 2 is 1.81 bits per heavy atom. The van der Waals surface area contributed by atoms with Crippen LogP contribution in [0.15, 0.2) is 54.6 Å². The summed E-state index contributed by atoms with van der Waals surface area (Å²) in [5, 5.41) is 10.2. The molecule has 26 heavy (non-hydrogen) atoms. The van der Waals surface area contributed by atoms with Crippen LogP contribution in [0.1, 0.15) is 30.4 Å². The molecule has 1 amide bonds. The summed E-state index contributed by atoms with van der Waals surface area (Å²) >= 11 is 1.48. The molecule has 0 bridgehead atoms. The number of carbonyl (C=O) groups excluding carboxylic acids is 1. The molecule has 5 heteroatoms. The van der Waals surface area contributed by atoms with Gasteiger partial charge in [-0.05, 0) is 25.3 Å². The number of hydrogen-bond donors (Lipinski definition) is 0. The van der Waals surface area contributed by atoms with E-state index in [2.05, 4.69) is 41.4 Å². The van der Waals surface area contributed by atoms with E-state index < -0.39 is 0 Å². The van der Waals surface area contributed by atoms with E-state index in [9.17, 15) is 4.79 Å². The third kappa shape index (κ3) is 3.53. The van der Waals surface area contributed by atoms with Crippen LogP contribution in [0.3, 0.4) is 0 Å². The largest absolute Gasteiger partial charge is 0.282 e. The van der Waals surface area contributed by atoms with Crippen molar-refractivity contribution in [2.75, 3.05) is 4.90 Å². The molecule has 0 aliphatic heterocycles. The topological polar surface area (TPSA) is 46.1 Å². The average molecular weight is 363 g/mol. The monoisotopic (exact) mass is 363 g/mol. The summed E-state index contributed by atoms with van der Waals surface area (Å²) in [6.45, 7) is 2.60. The minimum atomic E-state index is 0.130. The van der Waals surface area contributed by atoms with Gasteiger partial charge in [0.1, 0.15) is 5.01 Å². The summed E-state index contributed by atoms with van der Waals surface area (Å²) in [5.74, 6) is 0.303. The number of anilines is 1. The normalized spacial score (nSPS) is 14.0. The average Bonchev–Trinajstić information content (AvgIpc) is 3.09. The van der Waals surface area contributed by atoms with Gasteiger partial charge in [0.05, 0.1) is 6.54 Å². The number of hydrogen-bond acceptors (Lipinski definition) is 4. The maximum absolute atomic E-state index is 13.0. The highest BCUT2D eigenvalue weighted by atomic mass is 32.1. The Bertz CT molecular complexity index is 885. The molecule has 1 aliphatic rings. The zero-order valence-corrected chi connectivity index (χ0v) is 15.6. The molecular weight excluding hydrogens is 342 g/mol. The zero-order chi connectivity index (χ0) is 17.9. The highest BCUT2D eigenvalue weighted by Gasteiger charge is 2.32. The molecule has 4 nitrogen and oxygen atoms in total. The molecule has 4 rings (SSSR count). The first kappa shape index (κ1) is 16.9. The summed E-state index contributed by atoms with van der Waals surface area (Å²) < 4.78 is 0. The fraction of sp³-hybridized carbons (Fsp3) is 0.286. The number of nitrogens with zero attached hydrogens (tertiary/aromatic N) is 3. The molecule has 1 aliphatic carbocycles. The molecule has 0 spiro atoms. The first-order chi connectivity index (χ1) is 12.7. The van der Waals surface area contributed by atoms with E-state index in [0.29, 0.717) is 11.7 Å². The first-order valence-electron chi connectivity index (χ1n) is 8.96. The van der Waals surface area contributed by atoms with Gasteiger partial charge in [0, 0.05) is 11.5 Å². The smallest absolute Gasteiger partial charge is 0.232 e. The van der Waals surface area contributed by atoms with E-state index in [1.54, 1.807) is 0 Å². The van der Waals surface area contributed by atoms with Gasteiger partial charge >= 0.3 is 0 Å². The predicted molar refractivity (Wildman–Crippen MR) is 105 cm³/mol. The summed E-state index contributed by atoms with van der Waals surface area (Å²) in [5.41, 5.74) is 3.35. The number of rotatable bonds is 5. The molecule has 1 aromatic heterocycles. The Balaban J connectivity index is 1.63. The molecule has 0 saturated heterocycles. The van der Waals surface area contributed by atoms with Crippen molar-refractivity contribution in [1.82, 2.24) is 10.2 Å². The van der Waals surface area contributed by atoms with Gasteiger partial charge in [-0.1, -0.05) is 77.9 Å². The quantitative estimate of drug-likeness (QED) is 0.651. The van der Waals surface area contributed by atoms with Gasteiger partial charge in [0.2, 0.25) is 11.0 Å². The lowest BCUT2D eigenvalue weighted by Gasteiger charge is -2.30. The summed E-state index contributed by atoms with van der Waals surface area (Å²) in [6, 6.07) is 18.3. The number of carbonyl (C=O) groups is 1. The van der Waals surface area contributed by atoms with Gasteiger partial charge in [-0.3, -0.25) is 9.69 Å². The summed E-state index contributed by atoms with van der Waals surface area (Å²) in [6.07, 6.45) is 3.10. The molecule has 0 atom stereocenters. The fourth-order valence-electron chi connectivity index (χ4n) is 3.02. The summed E-state index contributed by atoms with van der Waals surface area (Å²) in [4.78, 5) is 14.8. The second-order valence-corrected chi connectivity index (χ2v) is 7.75. The summed E-state index contributed by atoms with van der Waals surface area (Å²) in [7, 11) is 0. The molecule has 0 N–H and O–H groups in total. The van der Waals surface area contributed by atoms with Crippen molar-refractivity contribution >= 4 is 22.4 Å². The highest BCUT2D eigenvalue weighted by Crippen LogP contribution is 2.34. The van der Waals surface area contributed by atoms with Gasteiger partial charge < -0.3 is 0 Å². The van der Waals surface area contributed by atoms with Gasteiger partial charge in [0.25, 0.3) is 0 Å². The fourth-order valence-corrected chi connectivity index (χ4v) is 3.87. The zero-order valence-electron chi connectivity index (χ0n) is 14.8. The minimum Gasteiger partial charge on any atom is -0.282 e. The Morgan fingerprint density at radius 1 is 1.08 bits per heavy atom. The number of amides is 1. The van der Waals surface area contributed by atoms with Gasteiger partial charge in [-0.2, -0.15) is 0 Å². The Hall–Kier alpha value is -2.53. The van der Waals surface area contributed by atoms with E-state index in [1.165, 1.54) is 16.9 Å². The lowest BCUT2D eigenvalue weighted by molar-refractivity contribution is -0.124. The highest BCUT2D eigenvalue weighted by molar-refractivity contribution is 7.18. The number of aryl methyl sites for hydroxylation is 1. The molecule has 1 fully saturated rings. The van der Waals surface area contributed by atoms with Gasteiger partial charge in [-0.15, -0.1) is 10.2 Å². The maximum atomic E-state index is 13.0. The first-order valence-corrected chi connectivity index (χ1v) is 9.78. The lowest BCUT2D eigenvalue weighted by atomic mass is 9.84. The molecule has 2 aromatic carbocycles. The predicted octanol–water partition coefficient (Wildman–Crippen LogP) is 4.85. The van der Waals surface area contributed by atoms with Crippen LogP contribution in [0.25, 0.3) is 10.6 Å². The van der Waals surface area contributed by atoms with Crippen molar-refractivity contribution in [3.8, 4) is 10.6 Å². The van der Waals surface area contributed by atoms with E-state index in [1.807, 2.05) is 35.2 Å². The van der Waals surface area contributed by atoms with Crippen LogP contribution in [0, 0.1) is 12.8 Å².